The van der Waals surface area contributed by atoms with Crippen molar-refractivity contribution < 1.29 is 0 Å². The molecule has 0 saturated carbocycles. The third kappa shape index (κ3) is 5.96. The summed E-state index contributed by atoms with van der Waals surface area (Å²) in [5, 5.41) is 4.98. The Balaban J connectivity index is 0.920. The summed E-state index contributed by atoms with van der Waals surface area (Å²) in [5.74, 6) is 0. The van der Waals surface area contributed by atoms with E-state index in [2.05, 4.69) is 252 Å². The molecule has 12 rings (SSSR count). The maximum absolute atomic E-state index is 2.50. The van der Waals surface area contributed by atoms with Crippen LogP contribution >= 0.6 is 0 Å². The van der Waals surface area contributed by atoms with Gasteiger partial charge in [-0.25, -0.2) is 0 Å². The van der Waals surface area contributed by atoms with E-state index in [0.717, 1.165) is 11.4 Å². The van der Waals surface area contributed by atoms with Crippen molar-refractivity contribution in [3.05, 3.63) is 243 Å². The Labute approximate surface area is 360 Å². The van der Waals surface area contributed by atoms with Crippen molar-refractivity contribution in [1.29, 1.82) is 0 Å². The number of rotatable bonds is 7. The van der Waals surface area contributed by atoms with Gasteiger partial charge in [0.05, 0.1) is 27.8 Å². The van der Waals surface area contributed by atoms with Gasteiger partial charge < -0.3 is 9.13 Å². The number of aromatic nitrogens is 2. The first-order valence-electron chi connectivity index (χ1n) is 21.3. The molecule has 0 amide bonds. The highest BCUT2D eigenvalue weighted by Gasteiger charge is 2.22. The molecule has 2 heterocycles. The molecular weight excluding hydrogens is 749 g/mol. The van der Waals surface area contributed by atoms with Crippen molar-refractivity contribution in [2.24, 2.45) is 0 Å². The molecule has 2 aromatic heterocycles. The van der Waals surface area contributed by atoms with Gasteiger partial charge in [0.15, 0.2) is 0 Å². The van der Waals surface area contributed by atoms with E-state index in [4.69, 9.17) is 0 Å². The van der Waals surface area contributed by atoms with Crippen LogP contribution in [-0.2, 0) is 0 Å². The first-order valence-corrected chi connectivity index (χ1v) is 21.3. The summed E-state index contributed by atoms with van der Waals surface area (Å²) in [6.07, 6.45) is 0. The van der Waals surface area contributed by atoms with Crippen molar-refractivity contribution in [3.63, 3.8) is 0 Å². The molecule has 0 N–H and O–H groups in total. The average Bonchev–Trinajstić information content (AvgIpc) is 3.88. The van der Waals surface area contributed by atoms with Gasteiger partial charge in [0.25, 0.3) is 0 Å². The Morgan fingerprint density at radius 2 is 0.613 bits per heavy atom. The maximum Gasteiger partial charge on any atom is 0.0789 e. The van der Waals surface area contributed by atoms with Crippen LogP contribution in [-0.4, -0.2) is 9.13 Å². The van der Waals surface area contributed by atoms with Crippen LogP contribution in [0.3, 0.4) is 0 Å². The van der Waals surface area contributed by atoms with Gasteiger partial charge >= 0.3 is 0 Å². The lowest BCUT2D eigenvalue weighted by Crippen LogP contribution is -2.00. The fraction of sp³-hybridized carbons (Fsp3) is 0. The van der Waals surface area contributed by atoms with E-state index >= 15 is 0 Å². The monoisotopic (exact) mass is 788 g/mol. The summed E-state index contributed by atoms with van der Waals surface area (Å²) < 4.78 is 4.95. The standard InChI is InChI=1S/C60H40N2/c1-3-15-41(16-4-1)46-17-13-19-48(39-46)49-20-14-18-47(40-49)44-31-29-42(30-32-44)43-33-35-45(36-34-43)51-23-7-10-26-56(51)62-58-28-12-9-25-53(58)55-38-37-54-52-24-8-11-27-57(52)61(59(54)60(55)62)50-21-5-2-6-22-50/h1-40H. The van der Waals surface area contributed by atoms with Gasteiger partial charge in [-0.1, -0.05) is 200 Å². The lowest BCUT2D eigenvalue weighted by atomic mass is 9.95. The van der Waals surface area contributed by atoms with Crippen LogP contribution in [0.4, 0.5) is 0 Å². The molecule has 0 saturated heterocycles. The fourth-order valence-electron chi connectivity index (χ4n) is 9.59. The van der Waals surface area contributed by atoms with Crippen molar-refractivity contribution >= 4 is 43.6 Å². The molecule has 0 spiro atoms. The summed E-state index contributed by atoms with van der Waals surface area (Å²) in [5.41, 5.74) is 19.2. The van der Waals surface area contributed by atoms with E-state index in [-0.39, 0.29) is 0 Å². The van der Waals surface area contributed by atoms with Gasteiger partial charge in [-0.15, -0.1) is 0 Å². The van der Waals surface area contributed by atoms with Gasteiger partial charge in [-0.3, -0.25) is 0 Å². The third-order valence-corrected chi connectivity index (χ3v) is 12.5. The Bertz CT molecular complexity index is 3590. The van der Waals surface area contributed by atoms with Gasteiger partial charge in [-0.2, -0.15) is 0 Å². The van der Waals surface area contributed by atoms with E-state index in [9.17, 15) is 0 Å². The maximum atomic E-state index is 2.50. The minimum atomic E-state index is 1.15. The van der Waals surface area contributed by atoms with Crippen LogP contribution in [0.5, 0.6) is 0 Å². The molecule has 0 aliphatic rings. The zero-order valence-electron chi connectivity index (χ0n) is 34.0. The number of benzene rings is 10. The van der Waals surface area contributed by atoms with Gasteiger partial charge in [0, 0.05) is 32.8 Å². The minimum Gasteiger partial charge on any atom is -0.307 e. The van der Waals surface area contributed by atoms with E-state index in [0.29, 0.717) is 0 Å². The lowest BCUT2D eigenvalue weighted by Gasteiger charge is -2.16. The van der Waals surface area contributed by atoms with Crippen LogP contribution < -0.4 is 0 Å². The van der Waals surface area contributed by atoms with Crippen LogP contribution in [0.1, 0.15) is 0 Å². The highest BCUT2D eigenvalue weighted by Crippen LogP contribution is 2.43. The molecule has 0 fully saturated rings. The van der Waals surface area contributed by atoms with E-state index in [1.54, 1.807) is 0 Å². The van der Waals surface area contributed by atoms with Gasteiger partial charge in [-0.05, 0) is 92.5 Å². The molecule has 290 valence electrons. The zero-order valence-corrected chi connectivity index (χ0v) is 34.0. The van der Waals surface area contributed by atoms with Crippen molar-refractivity contribution in [2.45, 2.75) is 0 Å². The summed E-state index contributed by atoms with van der Waals surface area (Å²) in [6, 6.07) is 88.2. The highest BCUT2D eigenvalue weighted by atomic mass is 15.0. The SMILES string of the molecule is c1ccc(-c2cccc(-c3cccc(-c4ccc(-c5ccc(-c6ccccc6-n6c7ccccc7c7ccc8c9ccccc9n(-c9ccccc9)c8c76)cc5)cc4)c3)c2)cc1. The normalized spacial score (nSPS) is 11.5. The third-order valence-electron chi connectivity index (χ3n) is 12.5. The molecule has 0 aliphatic carbocycles. The second kappa shape index (κ2) is 14.8. The molecule has 2 nitrogen and oxygen atoms in total. The minimum absolute atomic E-state index is 1.15. The Hall–Kier alpha value is -8.20. The van der Waals surface area contributed by atoms with E-state index in [1.165, 1.54) is 99.2 Å². The highest BCUT2D eigenvalue weighted by molar-refractivity contribution is 6.24. The van der Waals surface area contributed by atoms with Gasteiger partial charge in [0.1, 0.15) is 0 Å². The second-order valence-electron chi connectivity index (χ2n) is 16.1. The Kier molecular flexibility index (Phi) is 8.53. The summed E-state index contributed by atoms with van der Waals surface area (Å²) >= 11 is 0. The van der Waals surface area contributed by atoms with E-state index in [1.807, 2.05) is 0 Å². The number of nitrogens with zero attached hydrogens (tertiary/aromatic N) is 2. The first kappa shape index (κ1) is 35.7. The predicted molar refractivity (Wildman–Crippen MR) is 262 cm³/mol. The Morgan fingerprint density at radius 1 is 0.226 bits per heavy atom. The quantitative estimate of drug-likeness (QED) is 0.152. The average molecular weight is 789 g/mol. The second-order valence-corrected chi connectivity index (χ2v) is 16.1. The summed E-state index contributed by atoms with van der Waals surface area (Å²) in [7, 11) is 0. The molecule has 0 aliphatic heterocycles. The van der Waals surface area contributed by atoms with Gasteiger partial charge in [0.2, 0.25) is 0 Å². The van der Waals surface area contributed by atoms with E-state index < -0.39 is 0 Å². The first-order chi connectivity index (χ1) is 30.8. The van der Waals surface area contributed by atoms with Crippen LogP contribution in [0.25, 0.3) is 111 Å². The molecule has 62 heavy (non-hydrogen) atoms. The fourth-order valence-corrected chi connectivity index (χ4v) is 9.59. The molecule has 2 heteroatoms. The zero-order chi connectivity index (χ0) is 41.0. The lowest BCUT2D eigenvalue weighted by molar-refractivity contribution is 1.15. The summed E-state index contributed by atoms with van der Waals surface area (Å²) in [4.78, 5) is 0. The van der Waals surface area contributed by atoms with Crippen LogP contribution in [0, 0.1) is 0 Å². The van der Waals surface area contributed by atoms with Crippen molar-refractivity contribution in [1.82, 2.24) is 9.13 Å². The van der Waals surface area contributed by atoms with Crippen molar-refractivity contribution in [3.8, 4) is 67.0 Å². The number of fused-ring (bicyclic) bond motifs is 7. The molecule has 12 aromatic rings. The largest absolute Gasteiger partial charge is 0.307 e. The molecule has 10 aromatic carbocycles. The molecular formula is C60H40N2. The number of hydrogen-bond donors (Lipinski definition) is 0. The molecule has 0 unspecified atom stereocenters. The number of para-hydroxylation sites is 4. The number of hydrogen-bond acceptors (Lipinski definition) is 0. The molecule has 0 atom stereocenters. The Morgan fingerprint density at radius 3 is 1.19 bits per heavy atom. The van der Waals surface area contributed by atoms with Crippen LogP contribution in [0.2, 0.25) is 0 Å². The van der Waals surface area contributed by atoms with Crippen molar-refractivity contribution in [2.75, 3.05) is 0 Å². The predicted octanol–water partition coefficient (Wildman–Crippen LogP) is 16.2. The topological polar surface area (TPSA) is 9.86 Å². The smallest absolute Gasteiger partial charge is 0.0789 e. The summed E-state index contributed by atoms with van der Waals surface area (Å²) in [6.45, 7) is 0. The molecule has 0 radical (unpaired) electrons. The molecule has 0 bridgehead atoms. The van der Waals surface area contributed by atoms with Crippen LogP contribution in [0.15, 0.2) is 243 Å².